The fraction of sp³-hybridized carbons (Fsp3) is 0.258. The van der Waals surface area contributed by atoms with Gasteiger partial charge in [0, 0.05) is 6.42 Å². The maximum absolute atomic E-state index is 13.6. The molecule has 1 saturated heterocycles. The lowest BCUT2D eigenvalue weighted by Crippen LogP contribution is -2.26. The summed E-state index contributed by atoms with van der Waals surface area (Å²) in [6.45, 7) is 2.89. The number of rotatable bonds is 9. The summed E-state index contributed by atoms with van der Waals surface area (Å²) in [7, 11) is 0. The number of ether oxygens (including phenoxy) is 4. The molecular weight excluding hydrogens is 468 g/mol. The maximum Gasteiger partial charge on any atom is 0.294 e. The van der Waals surface area contributed by atoms with Crippen molar-refractivity contribution in [3.05, 3.63) is 112 Å². The minimum Gasteiger partial charge on any atom is -0.488 e. The Bertz CT molecular complexity index is 1360. The Kier molecular flexibility index (Phi) is 7.87. The molecular formula is C31H30O6. The molecule has 6 nitrogen and oxygen atoms in total. The average molecular weight is 499 g/mol. The van der Waals surface area contributed by atoms with E-state index < -0.39 is 6.29 Å². The van der Waals surface area contributed by atoms with Gasteiger partial charge in [0.25, 0.3) is 5.95 Å². The van der Waals surface area contributed by atoms with Crippen molar-refractivity contribution < 1.29 is 23.4 Å². The summed E-state index contributed by atoms with van der Waals surface area (Å²) in [5, 5.41) is 0. The van der Waals surface area contributed by atoms with Crippen LogP contribution in [0.25, 0.3) is 11.3 Å². The minimum atomic E-state index is -0.455. The van der Waals surface area contributed by atoms with Gasteiger partial charge in [0.1, 0.15) is 19.0 Å². The lowest BCUT2D eigenvalue weighted by Gasteiger charge is -2.24. The quantitative estimate of drug-likeness (QED) is 0.256. The average Bonchev–Trinajstić information content (AvgIpc) is 2.96. The Morgan fingerprint density at radius 1 is 0.811 bits per heavy atom. The fourth-order valence-electron chi connectivity index (χ4n) is 4.17. The summed E-state index contributed by atoms with van der Waals surface area (Å²) in [4.78, 5) is 13.6. The molecule has 1 aliphatic heterocycles. The van der Waals surface area contributed by atoms with Crippen LogP contribution >= 0.6 is 0 Å². The third-order valence-corrected chi connectivity index (χ3v) is 6.23. The molecule has 1 atom stereocenters. The first-order chi connectivity index (χ1) is 18.2. The topological polar surface area (TPSA) is 67.1 Å². The first kappa shape index (κ1) is 24.7. The Hall–Kier alpha value is -4.03. The predicted octanol–water partition coefficient (Wildman–Crippen LogP) is 6.68. The van der Waals surface area contributed by atoms with E-state index in [0.717, 1.165) is 30.4 Å². The van der Waals surface area contributed by atoms with E-state index in [-0.39, 0.29) is 29.5 Å². The molecule has 1 aromatic heterocycles. The summed E-state index contributed by atoms with van der Waals surface area (Å²) in [6.07, 6.45) is 2.27. The zero-order chi connectivity index (χ0) is 25.5. The van der Waals surface area contributed by atoms with Crippen LogP contribution in [0.5, 0.6) is 17.4 Å². The molecule has 3 aromatic carbocycles. The Morgan fingerprint density at radius 3 is 2.14 bits per heavy atom. The van der Waals surface area contributed by atoms with Gasteiger partial charge in [0.15, 0.2) is 5.76 Å². The van der Waals surface area contributed by atoms with Crippen LogP contribution in [0.1, 0.15) is 36.0 Å². The highest BCUT2D eigenvalue weighted by Gasteiger charge is 2.26. The van der Waals surface area contributed by atoms with E-state index in [1.807, 2.05) is 84.9 Å². The maximum atomic E-state index is 13.6. The lowest BCUT2D eigenvalue weighted by atomic mass is 10.1. The van der Waals surface area contributed by atoms with Gasteiger partial charge in [-0.25, -0.2) is 0 Å². The Labute approximate surface area is 216 Å². The summed E-state index contributed by atoms with van der Waals surface area (Å²) in [5.74, 6) is 1.09. The number of hydrogen-bond acceptors (Lipinski definition) is 6. The molecule has 0 saturated carbocycles. The van der Waals surface area contributed by atoms with Crippen molar-refractivity contribution in [1.29, 1.82) is 0 Å². The van der Waals surface area contributed by atoms with Crippen LogP contribution in [0.15, 0.2) is 94.1 Å². The van der Waals surface area contributed by atoms with Crippen molar-refractivity contribution in [3.8, 4) is 28.8 Å². The van der Waals surface area contributed by atoms with Crippen LogP contribution in [0.3, 0.4) is 0 Å². The Morgan fingerprint density at radius 2 is 1.46 bits per heavy atom. The highest BCUT2D eigenvalue weighted by molar-refractivity contribution is 5.71. The van der Waals surface area contributed by atoms with Gasteiger partial charge >= 0.3 is 0 Å². The van der Waals surface area contributed by atoms with Crippen molar-refractivity contribution in [2.75, 3.05) is 6.61 Å². The molecule has 4 aromatic rings. The van der Waals surface area contributed by atoms with Gasteiger partial charge in [0.2, 0.25) is 17.5 Å². The monoisotopic (exact) mass is 498 g/mol. The van der Waals surface area contributed by atoms with E-state index in [4.69, 9.17) is 23.4 Å². The van der Waals surface area contributed by atoms with Crippen LogP contribution < -0.4 is 19.6 Å². The molecule has 0 amide bonds. The first-order valence-electron chi connectivity index (χ1n) is 12.6. The van der Waals surface area contributed by atoms with Gasteiger partial charge in [-0.2, -0.15) is 0 Å². The number of hydrogen-bond donors (Lipinski definition) is 0. The van der Waals surface area contributed by atoms with Crippen LogP contribution in [-0.2, 0) is 18.0 Å². The van der Waals surface area contributed by atoms with Gasteiger partial charge in [-0.15, -0.1) is 0 Å². The molecule has 190 valence electrons. The third-order valence-electron chi connectivity index (χ3n) is 6.23. The molecule has 6 heteroatoms. The van der Waals surface area contributed by atoms with Gasteiger partial charge in [-0.1, -0.05) is 72.8 Å². The SMILES string of the molecule is Cc1c(OC2CCCCO2)oc(-c2ccccc2OCc2ccccc2)c(OCc2ccccc2)c1=O. The summed E-state index contributed by atoms with van der Waals surface area (Å²) < 4.78 is 30.3. The molecule has 0 bridgehead atoms. The van der Waals surface area contributed by atoms with Crippen molar-refractivity contribution in [2.24, 2.45) is 0 Å². The summed E-state index contributed by atoms with van der Waals surface area (Å²) in [6, 6.07) is 27.1. The van der Waals surface area contributed by atoms with Crippen LogP contribution in [0, 0.1) is 6.92 Å². The van der Waals surface area contributed by atoms with Gasteiger partial charge in [0.05, 0.1) is 17.7 Å². The van der Waals surface area contributed by atoms with E-state index in [0.29, 0.717) is 30.1 Å². The highest BCUT2D eigenvalue weighted by atomic mass is 16.7. The summed E-state index contributed by atoms with van der Waals surface area (Å²) in [5.41, 5.74) is 2.62. The highest BCUT2D eigenvalue weighted by Crippen LogP contribution is 2.39. The summed E-state index contributed by atoms with van der Waals surface area (Å²) >= 11 is 0. The van der Waals surface area contributed by atoms with E-state index in [1.165, 1.54) is 0 Å². The van der Waals surface area contributed by atoms with E-state index in [9.17, 15) is 4.79 Å². The van der Waals surface area contributed by atoms with Gasteiger partial charge in [-0.05, 0) is 43.0 Å². The lowest BCUT2D eigenvalue weighted by molar-refractivity contribution is -0.115. The molecule has 37 heavy (non-hydrogen) atoms. The van der Waals surface area contributed by atoms with E-state index in [2.05, 4.69) is 0 Å². The third kappa shape index (κ3) is 6.04. The fourth-order valence-corrected chi connectivity index (χ4v) is 4.17. The second-order valence-corrected chi connectivity index (χ2v) is 8.96. The van der Waals surface area contributed by atoms with Crippen molar-refractivity contribution >= 4 is 0 Å². The number of para-hydroxylation sites is 1. The zero-order valence-electron chi connectivity index (χ0n) is 20.9. The van der Waals surface area contributed by atoms with Crippen LogP contribution in [-0.4, -0.2) is 12.9 Å². The smallest absolute Gasteiger partial charge is 0.294 e. The largest absolute Gasteiger partial charge is 0.488 e. The molecule has 5 rings (SSSR count). The van der Waals surface area contributed by atoms with Gasteiger partial charge < -0.3 is 23.4 Å². The normalized spacial score (nSPS) is 15.2. The zero-order valence-corrected chi connectivity index (χ0v) is 20.9. The van der Waals surface area contributed by atoms with Crippen molar-refractivity contribution in [1.82, 2.24) is 0 Å². The van der Waals surface area contributed by atoms with Crippen molar-refractivity contribution in [3.63, 3.8) is 0 Å². The molecule has 2 heterocycles. The van der Waals surface area contributed by atoms with E-state index in [1.54, 1.807) is 6.92 Å². The molecule has 1 aliphatic rings. The van der Waals surface area contributed by atoms with E-state index >= 15 is 0 Å². The molecule has 1 fully saturated rings. The molecule has 1 unspecified atom stereocenters. The molecule has 0 radical (unpaired) electrons. The molecule has 0 aliphatic carbocycles. The van der Waals surface area contributed by atoms with Crippen LogP contribution in [0.4, 0.5) is 0 Å². The molecule has 0 spiro atoms. The standard InChI is InChI=1S/C31H30O6/c1-22-28(32)30(35-21-24-14-6-3-7-15-24)29(37-31(22)36-27-18-10-11-19-33-27)25-16-8-9-17-26(25)34-20-23-12-4-2-5-13-23/h2-9,12-17,27H,10-11,18-21H2,1H3. The second-order valence-electron chi connectivity index (χ2n) is 8.96. The number of benzene rings is 3. The van der Waals surface area contributed by atoms with Crippen LogP contribution in [0.2, 0.25) is 0 Å². The Balaban J connectivity index is 1.53. The minimum absolute atomic E-state index is 0.119. The predicted molar refractivity (Wildman–Crippen MR) is 141 cm³/mol. The van der Waals surface area contributed by atoms with Crippen molar-refractivity contribution in [2.45, 2.75) is 45.7 Å². The molecule has 0 N–H and O–H groups in total. The van der Waals surface area contributed by atoms with Gasteiger partial charge in [-0.3, -0.25) is 4.79 Å². The first-order valence-corrected chi connectivity index (χ1v) is 12.6. The second kappa shape index (κ2) is 11.8.